The smallest absolute Gasteiger partial charge is 0.324 e. The van der Waals surface area contributed by atoms with Gasteiger partial charge in [-0.05, 0) is 18.2 Å². The van der Waals surface area contributed by atoms with Gasteiger partial charge in [-0.2, -0.15) is 5.10 Å². The van der Waals surface area contributed by atoms with Crippen molar-refractivity contribution in [1.82, 2.24) is 30.2 Å². The van der Waals surface area contributed by atoms with E-state index in [2.05, 4.69) is 36.1 Å². The van der Waals surface area contributed by atoms with Gasteiger partial charge in [0.15, 0.2) is 0 Å². The number of pyridine rings is 1. The van der Waals surface area contributed by atoms with Gasteiger partial charge in [-0.25, -0.2) is 9.18 Å². The van der Waals surface area contributed by atoms with Crippen LogP contribution in [0.3, 0.4) is 0 Å². The van der Waals surface area contributed by atoms with Crippen LogP contribution in [0, 0.1) is 5.82 Å². The Morgan fingerprint density at radius 3 is 2.55 bits per heavy atom. The van der Waals surface area contributed by atoms with E-state index in [0.717, 1.165) is 5.69 Å². The highest BCUT2D eigenvalue weighted by Gasteiger charge is 2.20. The van der Waals surface area contributed by atoms with Crippen LogP contribution in [0.4, 0.5) is 20.7 Å². The molecule has 0 aliphatic rings. The minimum atomic E-state index is -0.645. The molecule has 10 nitrogen and oxygen atoms in total. The van der Waals surface area contributed by atoms with Crippen LogP contribution in [0.2, 0.25) is 0 Å². The molecule has 0 radical (unpaired) electrons. The normalized spacial score (nSPS) is 11.3. The van der Waals surface area contributed by atoms with Crippen molar-refractivity contribution in [2.45, 2.75) is 26.2 Å². The van der Waals surface area contributed by atoms with E-state index < -0.39 is 11.8 Å². The van der Waals surface area contributed by atoms with Gasteiger partial charge in [0.1, 0.15) is 28.8 Å². The molecule has 0 aliphatic carbocycles. The Morgan fingerprint density at radius 1 is 1.09 bits per heavy atom. The number of hydrogen-bond acceptors (Lipinski definition) is 6. The Bertz CT molecular complexity index is 1280. The first-order valence-electron chi connectivity index (χ1n) is 10.1. The molecule has 0 atom stereocenters. The van der Waals surface area contributed by atoms with Crippen LogP contribution in [-0.4, -0.2) is 36.2 Å². The fourth-order valence-corrected chi connectivity index (χ4v) is 2.96. The molecule has 3 aromatic heterocycles. The molecule has 0 saturated carbocycles. The maximum absolute atomic E-state index is 14.6. The molecule has 3 heterocycles. The first kappa shape index (κ1) is 21.9. The number of H-pyrrole nitrogens is 1. The van der Waals surface area contributed by atoms with Gasteiger partial charge < -0.3 is 10.1 Å². The highest BCUT2D eigenvalue weighted by atomic mass is 19.1. The van der Waals surface area contributed by atoms with Crippen molar-refractivity contribution in [3.8, 4) is 22.9 Å². The van der Waals surface area contributed by atoms with Crippen molar-refractivity contribution < 1.29 is 13.9 Å². The average Bonchev–Trinajstić information content (AvgIpc) is 3.41. The van der Waals surface area contributed by atoms with Gasteiger partial charge in [0.25, 0.3) is 0 Å². The van der Waals surface area contributed by atoms with Crippen molar-refractivity contribution >= 4 is 17.5 Å². The van der Waals surface area contributed by atoms with E-state index in [1.807, 2.05) is 20.8 Å². The monoisotopic (exact) mass is 450 g/mol. The highest BCUT2D eigenvalue weighted by molar-refractivity contribution is 5.99. The van der Waals surface area contributed by atoms with Crippen LogP contribution in [0.1, 0.15) is 26.5 Å². The van der Waals surface area contributed by atoms with Gasteiger partial charge in [0.05, 0.1) is 23.3 Å². The molecule has 4 aromatic rings. The van der Waals surface area contributed by atoms with E-state index in [-0.39, 0.29) is 16.9 Å². The number of aromatic nitrogens is 6. The number of aromatic amines is 1. The first-order chi connectivity index (χ1) is 15.7. The summed E-state index contributed by atoms with van der Waals surface area (Å²) in [4.78, 5) is 16.6. The topological polar surface area (TPSA) is 123 Å². The van der Waals surface area contributed by atoms with Crippen LogP contribution in [-0.2, 0) is 12.5 Å². The molecule has 170 valence electrons. The average molecular weight is 450 g/mol. The molecule has 0 aliphatic heterocycles. The fourth-order valence-electron chi connectivity index (χ4n) is 2.96. The molecular weight excluding hydrogens is 427 g/mol. The number of aryl methyl sites for hydroxylation is 1. The van der Waals surface area contributed by atoms with Gasteiger partial charge >= 0.3 is 6.03 Å². The maximum atomic E-state index is 14.6. The second kappa shape index (κ2) is 8.69. The minimum Gasteiger partial charge on any atom is -0.457 e. The van der Waals surface area contributed by atoms with E-state index in [9.17, 15) is 9.18 Å². The number of anilines is 2. The Kier molecular flexibility index (Phi) is 5.78. The largest absolute Gasteiger partial charge is 0.457 e. The maximum Gasteiger partial charge on any atom is 0.324 e. The molecule has 11 heteroatoms. The van der Waals surface area contributed by atoms with Gasteiger partial charge in [-0.15, -0.1) is 5.10 Å². The second-order valence-electron chi connectivity index (χ2n) is 8.35. The van der Waals surface area contributed by atoms with Gasteiger partial charge in [-0.3, -0.25) is 20.1 Å². The lowest BCUT2D eigenvalue weighted by molar-refractivity contribution is 0.262. The number of hydrogen-bond donors (Lipinski definition) is 3. The quantitative estimate of drug-likeness (QED) is 0.412. The van der Waals surface area contributed by atoms with Crippen molar-refractivity contribution in [3.05, 3.63) is 60.3 Å². The zero-order valence-electron chi connectivity index (χ0n) is 18.5. The predicted octanol–water partition coefficient (Wildman–Crippen LogP) is 4.47. The van der Waals surface area contributed by atoms with Crippen molar-refractivity contribution in [2.75, 3.05) is 10.6 Å². The molecular formula is C22H23FN8O2. The van der Waals surface area contributed by atoms with Crippen LogP contribution < -0.4 is 15.4 Å². The van der Waals surface area contributed by atoms with Gasteiger partial charge in [-0.1, -0.05) is 26.0 Å². The molecule has 2 amide bonds. The van der Waals surface area contributed by atoms with E-state index in [4.69, 9.17) is 4.74 Å². The van der Waals surface area contributed by atoms with Crippen molar-refractivity contribution in [2.24, 2.45) is 7.05 Å². The molecule has 4 rings (SSSR count). The lowest BCUT2D eigenvalue weighted by atomic mass is 9.92. The summed E-state index contributed by atoms with van der Waals surface area (Å²) in [6, 6.07) is 8.67. The van der Waals surface area contributed by atoms with E-state index >= 15 is 0 Å². The summed E-state index contributed by atoms with van der Waals surface area (Å²) >= 11 is 0. The third kappa shape index (κ3) is 5.14. The van der Waals surface area contributed by atoms with Crippen LogP contribution in [0.15, 0.2) is 48.8 Å². The zero-order chi connectivity index (χ0) is 23.6. The Morgan fingerprint density at radius 2 is 1.88 bits per heavy atom. The number of ether oxygens (including phenoxy) is 1. The molecule has 1 aromatic carbocycles. The minimum absolute atomic E-state index is 0.0103. The Balaban J connectivity index is 1.42. The number of amides is 2. The summed E-state index contributed by atoms with van der Waals surface area (Å²) in [6.07, 6.45) is 3.16. The number of carbonyl (C=O) groups is 1. The first-order valence-corrected chi connectivity index (χ1v) is 10.1. The SMILES string of the molecule is Cn1nc(C(C)(C)C)cc1NC(=O)Nc1ccc(Oc2ccnc(-c3c[nH]nn3)c2)cc1F. The fraction of sp³-hybridized carbons (Fsp3) is 0.227. The van der Waals surface area contributed by atoms with Crippen LogP contribution >= 0.6 is 0 Å². The highest BCUT2D eigenvalue weighted by Crippen LogP contribution is 2.28. The third-order valence-electron chi connectivity index (χ3n) is 4.72. The lowest BCUT2D eigenvalue weighted by Crippen LogP contribution is -2.21. The second-order valence-corrected chi connectivity index (χ2v) is 8.35. The van der Waals surface area contributed by atoms with Crippen molar-refractivity contribution in [1.29, 1.82) is 0 Å². The Hall–Kier alpha value is -4.28. The summed E-state index contributed by atoms with van der Waals surface area (Å²) in [5.41, 5.74) is 1.79. The number of urea groups is 1. The summed E-state index contributed by atoms with van der Waals surface area (Å²) in [5.74, 6) is 0.566. The number of halogens is 1. The van der Waals surface area contributed by atoms with E-state index in [0.29, 0.717) is 23.0 Å². The lowest BCUT2D eigenvalue weighted by Gasteiger charge is -2.13. The number of nitrogens with zero attached hydrogens (tertiary/aromatic N) is 5. The number of benzene rings is 1. The van der Waals surface area contributed by atoms with E-state index in [1.54, 1.807) is 48.4 Å². The molecule has 0 bridgehead atoms. The van der Waals surface area contributed by atoms with E-state index in [1.165, 1.54) is 12.1 Å². The van der Waals surface area contributed by atoms with Crippen LogP contribution in [0.5, 0.6) is 11.5 Å². The number of nitrogens with one attached hydrogen (secondary N) is 3. The summed E-state index contributed by atoms with van der Waals surface area (Å²) in [6.45, 7) is 6.08. The zero-order valence-corrected chi connectivity index (χ0v) is 18.5. The standard InChI is InChI=1S/C22H23FN8O2/c1-22(2,3)19-11-20(31(4)29-19)27-21(32)26-16-6-5-13(9-15(16)23)33-14-7-8-24-17(10-14)18-12-25-30-28-18/h5-12H,1-4H3,(H,25,28,30)(H2,26,27,32). The molecule has 0 fully saturated rings. The molecule has 0 saturated heterocycles. The molecule has 3 N–H and O–H groups in total. The van der Waals surface area contributed by atoms with Crippen molar-refractivity contribution in [3.63, 3.8) is 0 Å². The summed E-state index contributed by atoms with van der Waals surface area (Å²) in [7, 11) is 1.73. The number of rotatable bonds is 5. The summed E-state index contributed by atoms with van der Waals surface area (Å²) in [5, 5.41) is 19.8. The number of carbonyl (C=O) groups excluding carboxylic acids is 1. The van der Waals surface area contributed by atoms with Gasteiger partial charge in [0.2, 0.25) is 0 Å². The molecule has 0 unspecified atom stereocenters. The molecule has 33 heavy (non-hydrogen) atoms. The summed E-state index contributed by atoms with van der Waals surface area (Å²) < 4.78 is 21.9. The van der Waals surface area contributed by atoms with Gasteiger partial charge in [0, 0.05) is 36.9 Å². The Labute approximate surface area is 189 Å². The predicted molar refractivity (Wildman–Crippen MR) is 121 cm³/mol. The molecule has 0 spiro atoms. The third-order valence-corrected chi connectivity index (χ3v) is 4.72. The van der Waals surface area contributed by atoms with Crippen LogP contribution in [0.25, 0.3) is 11.4 Å².